The number of likely N-dealkylation sites (N-methyl/N-ethyl adjacent to an activating group) is 1. The van der Waals surface area contributed by atoms with Gasteiger partial charge in [0.1, 0.15) is 0 Å². The average molecular weight is 225 g/mol. The van der Waals surface area contributed by atoms with Crippen molar-refractivity contribution in [2.24, 2.45) is 0 Å². The lowest BCUT2D eigenvalue weighted by atomic mass is 10.1. The first-order valence-electron chi connectivity index (χ1n) is 6.05. The Labute approximate surface area is 97.9 Å². The molecule has 15 heavy (non-hydrogen) atoms. The van der Waals surface area contributed by atoms with Gasteiger partial charge in [0.05, 0.1) is 0 Å². The summed E-state index contributed by atoms with van der Waals surface area (Å²) in [5.74, 6) is 0. The van der Waals surface area contributed by atoms with E-state index in [1.54, 1.807) is 0 Å². The maximum Gasteiger partial charge on any atom is 0.0112 e. The van der Waals surface area contributed by atoms with Crippen LogP contribution in [0.3, 0.4) is 0 Å². The zero-order valence-corrected chi connectivity index (χ0v) is 11.0. The number of rotatable bonds is 7. The third-order valence-corrected chi connectivity index (χ3v) is 4.08. The number of unbranched alkanes of at least 4 members (excludes halogenated alkanes) is 1. The number of hydrogen-bond donors (Lipinski definition) is 1. The topological polar surface area (TPSA) is 12.0 Å². The predicted molar refractivity (Wildman–Crippen MR) is 69.8 cm³/mol. The molecule has 1 unspecified atom stereocenters. The van der Waals surface area contributed by atoms with Crippen molar-refractivity contribution in [1.29, 1.82) is 0 Å². The summed E-state index contributed by atoms with van der Waals surface area (Å²) in [6, 6.07) is 5.22. The Hall–Kier alpha value is -0.340. The summed E-state index contributed by atoms with van der Waals surface area (Å²) < 4.78 is 0. The molecule has 0 saturated heterocycles. The molecule has 0 aliphatic carbocycles. The van der Waals surface area contributed by atoms with Gasteiger partial charge in [-0.1, -0.05) is 26.7 Å². The highest BCUT2D eigenvalue weighted by molar-refractivity contribution is 7.11. The van der Waals surface area contributed by atoms with E-state index in [1.165, 1.54) is 41.9 Å². The van der Waals surface area contributed by atoms with Crippen LogP contribution in [0.25, 0.3) is 0 Å². The molecule has 1 heterocycles. The van der Waals surface area contributed by atoms with Crippen LogP contribution < -0.4 is 5.32 Å². The molecule has 1 N–H and O–H groups in total. The van der Waals surface area contributed by atoms with Crippen LogP contribution in [0.15, 0.2) is 12.1 Å². The Morgan fingerprint density at radius 2 is 2.00 bits per heavy atom. The van der Waals surface area contributed by atoms with Crippen molar-refractivity contribution in [3.63, 3.8) is 0 Å². The molecule has 1 rings (SSSR count). The summed E-state index contributed by atoms with van der Waals surface area (Å²) in [6.45, 7) is 4.48. The molecule has 0 aliphatic heterocycles. The van der Waals surface area contributed by atoms with Gasteiger partial charge in [0.15, 0.2) is 0 Å². The Morgan fingerprint density at radius 3 is 2.53 bits per heavy atom. The minimum atomic E-state index is 0.660. The standard InChI is InChI=1S/C13H23NS/c1-4-6-7-11(14-3)10-13-9-8-12(5-2)15-13/h8-9,11,14H,4-7,10H2,1-3H3. The van der Waals surface area contributed by atoms with Crippen LogP contribution in [0.4, 0.5) is 0 Å². The lowest BCUT2D eigenvalue weighted by Crippen LogP contribution is -2.26. The maximum atomic E-state index is 3.42. The molecule has 1 aromatic heterocycles. The van der Waals surface area contributed by atoms with Gasteiger partial charge in [0, 0.05) is 15.8 Å². The molecule has 0 fully saturated rings. The highest BCUT2D eigenvalue weighted by Gasteiger charge is 2.08. The van der Waals surface area contributed by atoms with Crippen molar-refractivity contribution in [2.45, 2.75) is 52.0 Å². The summed E-state index contributed by atoms with van der Waals surface area (Å²) in [7, 11) is 2.08. The fourth-order valence-corrected chi connectivity index (χ4v) is 2.80. The Kier molecular flexibility index (Phi) is 5.96. The lowest BCUT2D eigenvalue weighted by molar-refractivity contribution is 0.501. The van der Waals surface area contributed by atoms with Gasteiger partial charge in [-0.2, -0.15) is 0 Å². The van der Waals surface area contributed by atoms with Gasteiger partial charge in [-0.25, -0.2) is 0 Å². The summed E-state index contributed by atoms with van der Waals surface area (Å²) in [4.78, 5) is 3.04. The van der Waals surface area contributed by atoms with Crippen LogP contribution in [0, 0.1) is 0 Å². The molecule has 0 aromatic carbocycles. The second-order valence-corrected chi connectivity index (χ2v) is 5.31. The molecule has 0 saturated carbocycles. The smallest absolute Gasteiger partial charge is 0.0112 e. The van der Waals surface area contributed by atoms with E-state index >= 15 is 0 Å². The van der Waals surface area contributed by atoms with Crippen LogP contribution in [-0.4, -0.2) is 13.1 Å². The minimum Gasteiger partial charge on any atom is -0.317 e. The molecule has 86 valence electrons. The molecular formula is C13H23NS. The lowest BCUT2D eigenvalue weighted by Gasteiger charge is -2.14. The van der Waals surface area contributed by atoms with Crippen LogP contribution in [-0.2, 0) is 12.8 Å². The monoisotopic (exact) mass is 225 g/mol. The van der Waals surface area contributed by atoms with Crippen molar-refractivity contribution in [1.82, 2.24) is 5.32 Å². The normalized spacial score (nSPS) is 13.0. The fourth-order valence-electron chi connectivity index (χ4n) is 1.76. The minimum absolute atomic E-state index is 0.660. The highest BCUT2D eigenvalue weighted by atomic mass is 32.1. The van der Waals surface area contributed by atoms with Gasteiger partial charge < -0.3 is 5.32 Å². The van der Waals surface area contributed by atoms with Crippen molar-refractivity contribution in [3.05, 3.63) is 21.9 Å². The first-order valence-corrected chi connectivity index (χ1v) is 6.86. The van der Waals surface area contributed by atoms with E-state index in [0.717, 1.165) is 0 Å². The zero-order chi connectivity index (χ0) is 11.1. The van der Waals surface area contributed by atoms with Gasteiger partial charge in [0.2, 0.25) is 0 Å². The first kappa shape index (κ1) is 12.7. The quantitative estimate of drug-likeness (QED) is 0.747. The molecular weight excluding hydrogens is 202 g/mol. The summed E-state index contributed by atoms with van der Waals surface area (Å²) in [5, 5.41) is 3.42. The third kappa shape index (κ3) is 4.35. The van der Waals surface area contributed by atoms with E-state index in [9.17, 15) is 0 Å². The van der Waals surface area contributed by atoms with Crippen LogP contribution >= 0.6 is 11.3 Å². The zero-order valence-electron chi connectivity index (χ0n) is 10.2. The first-order chi connectivity index (χ1) is 7.30. The van der Waals surface area contributed by atoms with E-state index < -0.39 is 0 Å². The third-order valence-electron chi connectivity index (χ3n) is 2.83. The van der Waals surface area contributed by atoms with E-state index in [2.05, 4.69) is 38.3 Å². The average Bonchev–Trinajstić information content (AvgIpc) is 2.71. The SMILES string of the molecule is CCCCC(Cc1ccc(CC)s1)NC. The second kappa shape index (κ2) is 7.02. The van der Waals surface area contributed by atoms with Gasteiger partial charge in [0.25, 0.3) is 0 Å². The largest absolute Gasteiger partial charge is 0.317 e. The molecule has 0 spiro atoms. The maximum absolute atomic E-state index is 3.42. The molecule has 2 heteroatoms. The van der Waals surface area contributed by atoms with Gasteiger partial charge in [-0.15, -0.1) is 11.3 Å². The van der Waals surface area contributed by atoms with Crippen molar-refractivity contribution in [3.8, 4) is 0 Å². The second-order valence-electron chi connectivity index (χ2n) is 4.05. The molecule has 0 bridgehead atoms. The summed E-state index contributed by atoms with van der Waals surface area (Å²) >= 11 is 1.97. The molecule has 1 atom stereocenters. The highest BCUT2D eigenvalue weighted by Crippen LogP contribution is 2.19. The molecule has 0 amide bonds. The molecule has 1 nitrogen and oxygen atoms in total. The number of thiophene rings is 1. The Morgan fingerprint density at radius 1 is 1.27 bits per heavy atom. The molecule has 1 aromatic rings. The molecule has 0 aliphatic rings. The van der Waals surface area contributed by atoms with Crippen molar-refractivity contribution >= 4 is 11.3 Å². The van der Waals surface area contributed by atoms with Crippen LogP contribution in [0.1, 0.15) is 42.9 Å². The number of hydrogen-bond acceptors (Lipinski definition) is 2. The predicted octanol–water partition coefficient (Wildman–Crippen LogP) is 3.63. The van der Waals surface area contributed by atoms with Gasteiger partial charge in [-0.05, 0) is 38.4 Å². The van der Waals surface area contributed by atoms with Crippen molar-refractivity contribution < 1.29 is 0 Å². The number of nitrogens with one attached hydrogen (secondary N) is 1. The Balaban J connectivity index is 2.43. The van der Waals surface area contributed by atoms with Crippen molar-refractivity contribution in [2.75, 3.05) is 7.05 Å². The molecule has 0 radical (unpaired) electrons. The van der Waals surface area contributed by atoms with E-state index in [4.69, 9.17) is 0 Å². The summed E-state index contributed by atoms with van der Waals surface area (Å²) in [6.07, 6.45) is 6.29. The van der Waals surface area contributed by atoms with E-state index in [-0.39, 0.29) is 0 Å². The van der Waals surface area contributed by atoms with Gasteiger partial charge >= 0.3 is 0 Å². The van der Waals surface area contributed by atoms with Gasteiger partial charge in [-0.3, -0.25) is 0 Å². The van der Waals surface area contributed by atoms with Crippen LogP contribution in [0.5, 0.6) is 0 Å². The summed E-state index contributed by atoms with van der Waals surface area (Å²) in [5.41, 5.74) is 0. The Bertz CT molecular complexity index is 267. The van der Waals surface area contributed by atoms with Crippen LogP contribution in [0.2, 0.25) is 0 Å². The van der Waals surface area contributed by atoms with E-state index in [1.807, 2.05) is 11.3 Å². The van der Waals surface area contributed by atoms with E-state index in [0.29, 0.717) is 6.04 Å². The number of aryl methyl sites for hydroxylation is 1. The fraction of sp³-hybridized carbons (Fsp3) is 0.692.